The number of nitrogens with zero attached hydrogens (tertiary/aromatic N) is 2. The van der Waals surface area contributed by atoms with Crippen molar-refractivity contribution in [2.45, 2.75) is 52.3 Å². The molecular formula is C19H30N4O2. The number of hydrogen-bond acceptors (Lipinski definition) is 3. The van der Waals surface area contributed by atoms with Gasteiger partial charge in [-0.15, -0.1) is 0 Å². The molecule has 0 aromatic heterocycles. The van der Waals surface area contributed by atoms with Gasteiger partial charge in [0.2, 0.25) is 0 Å². The third-order valence-corrected chi connectivity index (χ3v) is 3.89. The molecular weight excluding hydrogens is 316 g/mol. The fourth-order valence-corrected chi connectivity index (χ4v) is 2.75. The van der Waals surface area contributed by atoms with Crippen LogP contribution in [0.4, 0.5) is 0 Å². The van der Waals surface area contributed by atoms with Gasteiger partial charge in [0.25, 0.3) is 5.91 Å². The highest BCUT2D eigenvalue weighted by Crippen LogP contribution is 2.12. The topological polar surface area (TPSA) is 77.0 Å². The van der Waals surface area contributed by atoms with E-state index in [-0.39, 0.29) is 17.6 Å². The summed E-state index contributed by atoms with van der Waals surface area (Å²) in [6.45, 7) is 10.6. The number of aliphatic hydroxyl groups is 1. The molecule has 1 heterocycles. The van der Waals surface area contributed by atoms with Crippen LogP contribution in [0, 0.1) is 0 Å². The lowest BCUT2D eigenvalue weighted by Crippen LogP contribution is -2.40. The summed E-state index contributed by atoms with van der Waals surface area (Å²) in [6, 6.07) is 7.55. The van der Waals surface area contributed by atoms with E-state index >= 15 is 0 Å². The molecule has 0 bridgehead atoms. The van der Waals surface area contributed by atoms with Gasteiger partial charge < -0.3 is 20.6 Å². The first kappa shape index (κ1) is 19.2. The van der Waals surface area contributed by atoms with Gasteiger partial charge in [0.1, 0.15) is 0 Å². The molecule has 0 aliphatic carbocycles. The SMILES string of the molecule is CCNC(=NCc1cccc(C(=O)NC(C)(C)C)c1)N1CC[C@@H](O)C1. The van der Waals surface area contributed by atoms with E-state index < -0.39 is 0 Å². The molecule has 3 N–H and O–H groups in total. The van der Waals surface area contributed by atoms with Crippen LogP contribution in [0.5, 0.6) is 0 Å². The molecule has 138 valence electrons. The number of hydrogen-bond donors (Lipinski definition) is 3. The molecule has 0 unspecified atom stereocenters. The lowest BCUT2D eigenvalue weighted by atomic mass is 10.1. The molecule has 1 aliphatic rings. The van der Waals surface area contributed by atoms with Crippen LogP contribution in [-0.4, -0.2) is 53.2 Å². The molecule has 1 amide bonds. The molecule has 1 atom stereocenters. The molecule has 6 nitrogen and oxygen atoms in total. The molecule has 1 aromatic carbocycles. The normalized spacial score (nSPS) is 18.4. The summed E-state index contributed by atoms with van der Waals surface area (Å²) in [4.78, 5) is 19.0. The zero-order valence-electron chi connectivity index (χ0n) is 15.7. The highest BCUT2D eigenvalue weighted by molar-refractivity contribution is 5.94. The van der Waals surface area contributed by atoms with Crippen LogP contribution in [0.15, 0.2) is 29.3 Å². The second-order valence-corrected chi connectivity index (χ2v) is 7.46. The first-order valence-electron chi connectivity index (χ1n) is 8.91. The molecule has 25 heavy (non-hydrogen) atoms. The summed E-state index contributed by atoms with van der Waals surface area (Å²) in [5.74, 6) is 0.733. The number of likely N-dealkylation sites (tertiary alicyclic amines) is 1. The van der Waals surface area contributed by atoms with E-state index in [4.69, 9.17) is 0 Å². The number of aliphatic hydroxyl groups excluding tert-OH is 1. The van der Waals surface area contributed by atoms with Crippen molar-refractivity contribution in [1.82, 2.24) is 15.5 Å². The van der Waals surface area contributed by atoms with Gasteiger partial charge in [0.15, 0.2) is 5.96 Å². The average molecular weight is 346 g/mol. The van der Waals surface area contributed by atoms with Gasteiger partial charge >= 0.3 is 0 Å². The van der Waals surface area contributed by atoms with Crippen molar-refractivity contribution in [3.8, 4) is 0 Å². The van der Waals surface area contributed by atoms with E-state index in [2.05, 4.69) is 20.5 Å². The van der Waals surface area contributed by atoms with Gasteiger partial charge in [-0.2, -0.15) is 0 Å². The quantitative estimate of drug-likeness (QED) is 0.573. The third kappa shape index (κ3) is 6.05. The summed E-state index contributed by atoms with van der Waals surface area (Å²) in [5, 5.41) is 16.0. The van der Waals surface area contributed by atoms with E-state index in [9.17, 15) is 9.90 Å². The monoisotopic (exact) mass is 346 g/mol. The Morgan fingerprint density at radius 3 is 2.76 bits per heavy atom. The van der Waals surface area contributed by atoms with Gasteiger partial charge in [-0.3, -0.25) is 4.79 Å². The lowest BCUT2D eigenvalue weighted by Gasteiger charge is -2.21. The molecule has 1 aliphatic heterocycles. The van der Waals surface area contributed by atoms with Crippen LogP contribution >= 0.6 is 0 Å². The van der Waals surface area contributed by atoms with Crippen LogP contribution < -0.4 is 10.6 Å². The lowest BCUT2D eigenvalue weighted by molar-refractivity contribution is 0.0919. The first-order chi connectivity index (χ1) is 11.8. The Bertz CT molecular complexity index is 622. The summed E-state index contributed by atoms with van der Waals surface area (Å²) in [6.07, 6.45) is 0.487. The van der Waals surface area contributed by atoms with E-state index in [1.165, 1.54) is 0 Å². The fourth-order valence-electron chi connectivity index (χ4n) is 2.75. The largest absolute Gasteiger partial charge is 0.391 e. The van der Waals surface area contributed by atoms with Gasteiger partial charge in [-0.1, -0.05) is 12.1 Å². The molecule has 6 heteroatoms. The highest BCUT2D eigenvalue weighted by Gasteiger charge is 2.22. The highest BCUT2D eigenvalue weighted by atomic mass is 16.3. The maximum absolute atomic E-state index is 12.3. The molecule has 1 aromatic rings. The van der Waals surface area contributed by atoms with Gasteiger partial charge in [-0.05, 0) is 51.8 Å². The van der Waals surface area contributed by atoms with Crippen LogP contribution in [0.1, 0.15) is 50.0 Å². The van der Waals surface area contributed by atoms with E-state index in [1.54, 1.807) is 0 Å². The zero-order chi connectivity index (χ0) is 18.4. The van der Waals surface area contributed by atoms with Crippen molar-refractivity contribution in [3.63, 3.8) is 0 Å². The molecule has 0 radical (unpaired) electrons. The third-order valence-electron chi connectivity index (χ3n) is 3.89. The minimum absolute atomic E-state index is 0.0760. The van der Waals surface area contributed by atoms with Crippen LogP contribution in [0.2, 0.25) is 0 Å². The van der Waals surface area contributed by atoms with Gasteiger partial charge in [-0.25, -0.2) is 4.99 Å². The Kier molecular flexibility index (Phi) is 6.42. The predicted octanol–water partition coefficient (Wildman–Crippen LogP) is 1.75. The second kappa shape index (κ2) is 8.34. The molecule has 1 saturated heterocycles. The minimum atomic E-state index is -0.284. The summed E-state index contributed by atoms with van der Waals surface area (Å²) < 4.78 is 0. The van der Waals surface area contributed by atoms with E-state index in [1.807, 2.05) is 52.0 Å². The first-order valence-corrected chi connectivity index (χ1v) is 8.91. The number of amides is 1. The number of benzene rings is 1. The van der Waals surface area contributed by atoms with E-state index in [0.717, 1.165) is 31.0 Å². The van der Waals surface area contributed by atoms with Crippen molar-refractivity contribution < 1.29 is 9.90 Å². The van der Waals surface area contributed by atoms with Crippen molar-refractivity contribution >= 4 is 11.9 Å². The number of carbonyl (C=O) groups is 1. The fraction of sp³-hybridized carbons (Fsp3) is 0.579. The van der Waals surface area contributed by atoms with Crippen LogP contribution in [0.3, 0.4) is 0 Å². The standard InChI is InChI=1S/C19H30N4O2/c1-5-20-18(23-10-9-16(24)13-23)21-12-14-7-6-8-15(11-14)17(25)22-19(2,3)4/h6-8,11,16,24H,5,9-10,12-13H2,1-4H3,(H,20,21)(H,22,25)/t16-/m1/s1. The van der Waals surface area contributed by atoms with Crippen LogP contribution in [0.25, 0.3) is 0 Å². The molecule has 1 fully saturated rings. The molecule has 0 spiro atoms. The Morgan fingerprint density at radius 2 is 2.16 bits per heavy atom. The smallest absolute Gasteiger partial charge is 0.251 e. The number of carbonyl (C=O) groups excluding carboxylic acids is 1. The Balaban J connectivity index is 2.08. The number of nitrogens with one attached hydrogen (secondary N) is 2. The Hall–Kier alpha value is -2.08. The van der Waals surface area contributed by atoms with Gasteiger partial charge in [0, 0.05) is 30.7 Å². The maximum atomic E-state index is 12.3. The number of guanidine groups is 1. The predicted molar refractivity (Wildman–Crippen MR) is 101 cm³/mol. The molecule has 2 rings (SSSR count). The number of β-amino-alcohol motifs (C(OH)–C–C–N with tert-alkyl or cyclic N) is 1. The number of rotatable bonds is 4. The Morgan fingerprint density at radius 1 is 1.40 bits per heavy atom. The van der Waals surface area contributed by atoms with E-state index in [0.29, 0.717) is 18.7 Å². The van der Waals surface area contributed by atoms with Crippen molar-refractivity contribution in [3.05, 3.63) is 35.4 Å². The summed E-state index contributed by atoms with van der Waals surface area (Å²) in [7, 11) is 0. The van der Waals surface area contributed by atoms with Crippen molar-refractivity contribution in [2.75, 3.05) is 19.6 Å². The van der Waals surface area contributed by atoms with Gasteiger partial charge in [0.05, 0.1) is 12.6 Å². The maximum Gasteiger partial charge on any atom is 0.251 e. The molecule has 0 saturated carbocycles. The summed E-state index contributed by atoms with van der Waals surface area (Å²) in [5.41, 5.74) is 1.36. The number of aliphatic imine (C=N–C) groups is 1. The van der Waals surface area contributed by atoms with Crippen LogP contribution in [-0.2, 0) is 6.54 Å². The van der Waals surface area contributed by atoms with Crippen molar-refractivity contribution in [2.24, 2.45) is 4.99 Å². The second-order valence-electron chi connectivity index (χ2n) is 7.46. The Labute approximate surface area is 150 Å². The average Bonchev–Trinajstić information content (AvgIpc) is 2.96. The zero-order valence-corrected chi connectivity index (χ0v) is 15.7. The minimum Gasteiger partial charge on any atom is -0.391 e. The summed E-state index contributed by atoms with van der Waals surface area (Å²) >= 11 is 0. The van der Waals surface area contributed by atoms with Crippen molar-refractivity contribution in [1.29, 1.82) is 0 Å².